The molecule has 0 aliphatic carbocycles. The first kappa shape index (κ1) is 33.3. The van der Waals surface area contributed by atoms with Gasteiger partial charge in [0.1, 0.15) is 17.5 Å². The van der Waals surface area contributed by atoms with Crippen LogP contribution in [0.1, 0.15) is 59.4 Å². The van der Waals surface area contributed by atoms with Crippen LogP contribution in [0.3, 0.4) is 0 Å². The normalized spacial score (nSPS) is 13.8. The first-order valence-corrected chi connectivity index (χ1v) is 14.6. The smallest absolute Gasteiger partial charge is 0.410 e. The number of hydrogen-bond acceptors (Lipinski definition) is 10. The number of likely N-dealkylation sites (N-methyl/N-ethyl adjacent to an activating group) is 1. The molecular weight excluding hydrogens is 555 g/mol. The average molecular weight is 599 g/mol. The van der Waals surface area contributed by atoms with Crippen LogP contribution in [0.5, 0.6) is 0 Å². The third-order valence-electron chi connectivity index (χ3n) is 6.36. The first-order valence-electron chi connectivity index (χ1n) is 14.6. The molecule has 2 aromatic rings. The number of halogens is 1. The number of ether oxygens (including phenoxy) is 2. The van der Waals surface area contributed by atoms with Gasteiger partial charge in [0.05, 0.1) is 36.9 Å². The zero-order chi connectivity index (χ0) is 31.4. The molecule has 2 amide bonds. The molecule has 3 rings (SSSR count). The Balaban J connectivity index is 1.54. The number of anilines is 4. The molecule has 3 N–H and O–H groups in total. The van der Waals surface area contributed by atoms with Gasteiger partial charge in [-0.15, -0.1) is 0 Å². The molecule has 2 aromatic heterocycles. The Morgan fingerprint density at radius 1 is 1.21 bits per heavy atom. The number of aromatic nitrogens is 3. The van der Waals surface area contributed by atoms with Gasteiger partial charge in [-0.3, -0.25) is 9.69 Å². The van der Waals surface area contributed by atoms with Crippen LogP contribution in [0, 0.1) is 17.7 Å². The van der Waals surface area contributed by atoms with Crippen molar-refractivity contribution in [2.75, 3.05) is 62.0 Å². The summed E-state index contributed by atoms with van der Waals surface area (Å²) < 4.78 is 25.4. The van der Waals surface area contributed by atoms with Gasteiger partial charge in [-0.2, -0.15) is 4.98 Å². The Morgan fingerprint density at radius 3 is 2.63 bits per heavy atom. The van der Waals surface area contributed by atoms with Gasteiger partial charge in [-0.25, -0.2) is 19.2 Å². The van der Waals surface area contributed by atoms with Crippen molar-refractivity contribution in [1.29, 1.82) is 0 Å². The number of carbonyl (C=O) groups is 2. The summed E-state index contributed by atoms with van der Waals surface area (Å²) in [6, 6.07) is 0.704. The average Bonchev–Trinajstić information content (AvgIpc) is 2.97. The van der Waals surface area contributed by atoms with Crippen LogP contribution in [0.4, 0.5) is 32.5 Å². The molecule has 0 radical (unpaired) electrons. The summed E-state index contributed by atoms with van der Waals surface area (Å²) >= 11 is 0. The number of rotatable bonds is 11. The summed E-state index contributed by atoms with van der Waals surface area (Å²) in [5.74, 6) is 6.66. The second kappa shape index (κ2) is 15.9. The number of unbranched alkanes of at least 4 members (excludes halogenated alkanes) is 1. The molecule has 0 aromatic carbocycles. The van der Waals surface area contributed by atoms with Crippen LogP contribution < -0.4 is 20.9 Å². The Hall–Kier alpha value is -4.18. The highest BCUT2D eigenvalue weighted by Crippen LogP contribution is 2.23. The summed E-state index contributed by atoms with van der Waals surface area (Å²) in [6.07, 6.45) is 4.66. The van der Waals surface area contributed by atoms with Gasteiger partial charge < -0.3 is 30.3 Å². The molecule has 0 saturated carbocycles. The summed E-state index contributed by atoms with van der Waals surface area (Å²) in [5, 5.41) is 9.12. The van der Waals surface area contributed by atoms with Gasteiger partial charge in [-0.1, -0.05) is 18.8 Å². The van der Waals surface area contributed by atoms with Crippen molar-refractivity contribution >= 4 is 35.3 Å². The predicted molar refractivity (Wildman–Crippen MR) is 164 cm³/mol. The minimum atomic E-state index is -0.674. The second-order valence-corrected chi connectivity index (χ2v) is 11.1. The molecular formula is C30H43FN8O4. The SMILES string of the molecule is CCCNc1nc(Nc2cnc(N3CCOCC3)c(F)c2)ncc1C#CCCCNC(=O)[C@H](C)N(C)C(=O)OC(C)(C)C. The fourth-order valence-electron chi connectivity index (χ4n) is 3.91. The molecule has 0 bridgehead atoms. The number of morpholine rings is 1. The molecule has 1 saturated heterocycles. The van der Waals surface area contributed by atoms with Crippen molar-refractivity contribution in [1.82, 2.24) is 25.2 Å². The topological polar surface area (TPSA) is 134 Å². The van der Waals surface area contributed by atoms with E-state index in [4.69, 9.17) is 9.47 Å². The van der Waals surface area contributed by atoms with Gasteiger partial charge in [0.25, 0.3) is 0 Å². The lowest BCUT2D eigenvalue weighted by atomic mass is 10.2. The Bertz CT molecular complexity index is 1300. The van der Waals surface area contributed by atoms with E-state index in [0.29, 0.717) is 75.1 Å². The fourth-order valence-corrected chi connectivity index (χ4v) is 3.91. The molecule has 1 aliphatic heterocycles. The Labute approximate surface area is 253 Å². The molecule has 1 fully saturated rings. The molecule has 13 heteroatoms. The van der Waals surface area contributed by atoms with Gasteiger partial charge in [-0.05, 0) is 40.5 Å². The lowest BCUT2D eigenvalue weighted by Crippen LogP contribution is -2.47. The molecule has 3 heterocycles. The highest BCUT2D eigenvalue weighted by Gasteiger charge is 2.26. The lowest BCUT2D eigenvalue weighted by Gasteiger charge is -2.28. The van der Waals surface area contributed by atoms with Crippen molar-refractivity contribution in [3.8, 4) is 11.8 Å². The summed E-state index contributed by atoms with van der Waals surface area (Å²) in [4.78, 5) is 41.0. The molecule has 1 atom stereocenters. The van der Waals surface area contributed by atoms with E-state index in [1.54, 1.807) is 40.1 Å². The minimum absolute atomic E-state index is 0.269. The van der Waals surface area contributed by atoms with E-state index in [2.05, 4.69) is 42.7 Å². The Morgan fingerprint density at radius 2 is 1.95 bits per heavy atom. The van der Waals surface area contributed by atoms with Gasteiger partial charge in [0, 0.05) is 45.7 Å². The van der Waals surface area contributed by atoms with E-state index in [9.17, 15) is 14.0 Å². The van der Waals surface area contributed by atoms with Crippen LogP contribution in [-0.4, -0.2) is 89.9 Å². The largest absolute Gasteiger partial charge is 0.444 e. The summed E-state index contributed by atoms with van der Waals surface area (Å²) in [6.45, 7) is 12.4. The Kier molecular flexibility index (Phi) is 12.3. The highest BCUT2D eigenvalue weighted by molar-refractivity contribution is 5.85. The van der Waals surface area contributed by atoms with Crippen molar-refractivity contribution in [3.63, 3.8) is 0 Å². The van der Waals surface area contributed by atoms with E-state index in [1.165, 1.54) is 18.0 Å². The fraction of sp³-hybridized carbons (Fsp3) is 0.567. The molecule has 234 valence electrons. The molecule has 0 spiro atoms. The highest BCUT2D eigenvalue weighted by atomic mass is 19.1. The number of nitrogens with zero attached hydrogens (tertiary/aromatic N) is 5. The molecule has 43 heavy (non-hydrogen) atoms. The maximum atomic E-state index is 14.8. The van der Waals surface area contributed by atoms with E-state index in [1.807, 2.05) is 11.8 Å². The van der Waals surface area contributed by atoms with Crippen LogP contribution in [0.15, 0.2) is 18.5 Å². The number of carbonyl (C=O) groups excluding carboxylic acids is 2. The zero-order valence-electron chi connectivity index (χ0n) is 25.9. The lowest BCUT2D eigenvalue weighted by molar-refractivity contribution is -0.125. The number of hydrogen-bond donors (Lipinski definition) is 3. The quantitative estimate of drug-likeness (QED) is 0.258. The van der Waals surface area contributed by atoms with Gasteiger partial charge in [0.2, 0.25) is 11.9 Å². The van der Waals surface area contributed by atoms with E-state index in [-0.39, 0.29) is 11.9 Å². The molecule has 1 aliphatic rings. The standard InChI is InChI=1S/C30H43FN8O4/c1-7-12-32-25-22(11-9-8-10-13-33-27(40)21(2)38(6)29(41)43-30(3,4)5)19-35-28(37-25)36-23-18-24(31)26(34-20-23)39-14-16-42-17-15-39/h18-21H,7-8,10,12-17H2,1-6H3,(H,33,40)(H2,32,35,36,37)/t21-/m0/s1. The number of nitrogens with one attached hydrogen (secondary N) is 3. The van der Waals surface area contributed by atoms with Crippen molar-refractivity contribution in [2.24, 2.45) is 0 Å². The van der Waals surface area contributed by atoms with E-state index in [0.717, 1.165) is 6.42 Å². The third-order valence-corrected chi connectivity index (χ3v) is 6.36. The second-order valence-electron chi connectivity index (χ2n) is 11.1. The number of pyridine rings is 1. The van der Waals surface area contributed by atoms with Crippen LogP contribution >= 0.6 is 0 Å². The maximum absolute atomic E-state index is 14.8. The van der Waals surface area contributed by atoms with Crippen LogP contribution in [-0.2, 0) is 14.3 Å². The third kappa shape index (κ3) is 10.6. The molecule has 0 unspecified atom stereocenters. The van der Waals surface area contributed by atoms with E-state index < -0.39 is 23.6 Å². The number of amides is 2. The monoisotopic (exact) mass is 598 g/mol. The maximum Gasteiger partial charge on any atom is 0.410 e. The van der Waals surface area contributed by atoms with Gasteiger partial charge >= 0.3 is 6.09 Å². The van der Waals surface area contributed by atoms with Crippen molar-refractivity contribution < 1.29 is 23.5 Å². The van der Waals surface area contributed by atoms with E-state index >= 15 is 0 Å². The van der Waals surface area contributed by atoms with Gasteiger partial charge in [0.15, 0.2) is 11.6 Å². The predicted octanol–water partition coefficient (Wildman–Crippen LogP) is 3.92. The zero-order valence-corrected chi connectivity index (χ0v) is 25.9. The summed E-state index contributed by atoms with van der Waals surface area (Å²) in [5.41, 5.74) is 0.423. The van der Waals surface area contributed by atoms with Crippen molar-refractivity contribution in [2.45, 2.75) is 65.5 Å². The van der Waals surface area contributed by atoms with Crippen molar-refractivity contribution in [3.05, 3.63) is 29.8 Å². The summed E-state index contributed by atoms with van der Waals surface area (Å²) in [7, 11) is 1.54. The first-order chi connectivity index (χ1) is 20.5. The molecule has 12 nitrogen and oxygen atoms in total. The minimum Gasteiger partial charge on any atom is -0.444 e. The van der Waals surface area contributed by atoms with Crippen LogP contribution in [0.25, 0.3) is 0 Å². The van der Waals surface area contributed by atoms with Crippen LogP contribution in [0.2, 0.25) is 0 Å².